The van der Waals surface area contributed by atoms with Gasteiger partial charge in [-0.2, -0.15) is 5.10 Å². The number of rotatable bonds is 7. The quantitative estimate of drug-likeness (QED) is 0.774. The van der Waals surface area contributed by atoms with Crippen LogP contribution in [0.1, 0.15) is 39.4 Å². The Morgan fingerprint density at radius 1 is 1.53 bits per heavy atom. The molecule has 2 N–H and O–H groups in total. The Kier molecular flexibility index (Phi) is 5.28. The maximum Gasteiger partial charge on any atom is 0.142 e. The van der Waals surface area contributed by atoms with Crippen molar-refractivity contribution in [3.63, 3.8) is 0 Å². The van der Waals surface area contributed by atoms with E-state index >= 15 is 0 Å². The molecule has 0 bridgehead atoms. The van der Waals surface area contributed by atoms with Crippen LogP contribution in [0.5, 0.6) is 0 Å². The van der Waals surface area contributed by atoms with Gasteiger partial charge in [-0.05, 0) is 12.3 Å². The summed E-state index contributed by atoms with van der Waals surface area (Å²) in [4.78, 5) is 15.9. The lowest BCUT2D eigenvalue weighted by Gasteiger charge is -2.09. The van der Waals surface area contributed by atoms with E-state index < -0.39 is 0 Å². The van der Waals surface area contributed by atoms with Gasteiger partial charge >= 0.3 is 0 Å². The van der Waals surface area contributed by atoms with E-state index in [4.69, 9.17) is 5.73 Å². The molecule has 0 radical (unpaired) electrons. The first-order valence-electron chi connectivity index (χ1n) is 6.16. The van der Waals surface area contributed by atoms with E-state index in [1.807, 2.05) is 6.92 Å². The molecule has 0 aromatic carbocycles. The van der Waals surface area contributed by atoms with Gasteiger partial charge in [0.15, 0.2) is 0 Å². The van der Waals surface area contributed by atoms with Gasteiger partial charge < -0.3 is 5.73 Å². The first-order chi connectivity index (χ1) is 8.02. The number of carbonyl (C=O) groups is 1. The molecule has 5 nitrogen and oxygen atoms in total. The van der Waals surface area contributed by atoms with Crippen molar-refractivity contribution in [1.29, 1.82) is 0 Å². The monoisotopic (exact) mass is 238 g/mol. The summed E-state index contributed by atoms with van der Waals surface area (Å²) in [5.74, 6) is 1.37. The van der Waals surface area contributed by atoms with Gasteiger partial charge in [-0.1, -0.05) is 20.8 Å². The molecule has 1 unspecified atom stereocenters. The number of nitrogens with zero attached hydrogens (tertiary/aromatic N) is 3. The summed E-state index contributed by atoms with van der Waals surface area (Å²) in [6, 6.07) is -0.0380. The fourth-order valence-corrected chi connectivity index (χ4v) is 1.61. The topological polar surface area (TPSA) is 73.8 Å². The average Bonchev–Trinajstić information content (AvgIpc) is 2.64. The van der Waals surface area contributed by atoms with Crippen LogP contribution in [0.3, 0.4) is 0 Å². The Morgan fingerprint density at radius 3 is 2.82 bits per heavy atom. The summed E-state index contributed by atoms with van der Waals surface area (Å²) < 4.78 is 1.81. The van der Waals surface area contributed by atoms with Gasteiger partial charge in [-0.15, -0.1) is 0 Å². The normalized spacial score (nSPS) is 13.0. The van der Waals surface area contributed by atoms with Crippen molar-refractivity contribution in [2.24, 2.45) is 11.7 Å². The molecular weight excluding hydrogens is 216 g/mol. The molecule has 0 aliphatic carbocycles. The minimum Gasteiger partial charge on any atom is -0.327 e. The minimum absolute atomic E-state index is 0.0380. The van der Waals surface area contributed by atoms with Crippen LogP contribution in [0.4, 0.5) is 0 Å². The molecule has 0 aliphatic heterocycles. The predicted molar refractivity (Wildman–Crippen MR) is 66.5 cm³/mol. The second-order valence-electron chi connectivity index (χ2n) is 4.84. The molecule has 1 aromatic rings. The maximum atomic E-state index is 11.8. The van der Waals surface area contributed by atoms with Gasteiger partial charge in [0.1, 0.15) is 17.9 Å². The lowest BCUT2D eigenvalue weighted by molar-refractivity contribution is -0.118. The second kappa shape index (κ2) is 6.49. The fraction of sp³-hybridized carbons (Fsp3) is 0.750. The second-order valence-corrected chi connectivity index (χ2v) is 4.84. The molecule has 0 spiro atoms. The Labute approximate surface area is 102 Å². The highest BCUT2D eigenvalue weighted by Crippen LogP contribution is 2.05. The lowest BCUT2D eigenvalue weighted by Crippen LogP contribution is -2.24. The molecule has 1 aromatic heterocycles. The third-order valence-electron chi connectivity index (χ3n) is 2.60. The summed E-state index contributed by atoms with van der Waals surface area (Å²) in [7, 11) is 0. The molecule has 5 heteroatoms. The zero-order valence-corrected chi connectivity index (χ0v) is 10.9. The largest absolute Gasteiger partial charge is 0.327 e. The van der Waals surface area contributed by atoms with Crippen molar-refractivity contribution >= 4 is 5.78 Å². The van der Waals surface area contributed by atoms with E-state index in [1.54, 1.807) is 4.68 Å². The first kappa shape index (κ1) is 13.8. The molecule has 0 saturated heterocycles. The minimum atomic E-state index is -0.0380. The van der Waals surface area contributed by atoms with Crippen molar-refractivity contribution in [3.8, 4) is 0 Å². The van der Waals surface area contributed by atoms with Crippen molar-refractivity contribution in [3.05, 3.63) is 12.2 Å². The van der Waals surface area contributed by atoms with E-state index in [-0.39, 0.29) is 11.8 Å². The van der Waals surface area contributed by atoms with Crippen LogP contribution in [-0.2, 0) is 17.8 Å². The van der Waals surface area contributed by atoms with Crippen LogP contribution in [0.2, 0.25) is 0 Å². The van der Waals surface area contributed by atoms with Crippen LogP contribution in [0, 0.1) is 5.92 Å². The Bertz CT molecular complexity index is 359. The van der Waals surface area contributed by atoms with Crippen LogP contribution < -0.4 is 5.73 Å². The van der Waals surface area contributed by atoms with Gasteiger partial charge in [0.2, 0.25) is 0 Å². The van der Waals surface area contributed by atoms with Crippen molar-refractivity contribution in [2.45, 2.75) is 52.6 Å². The zero-order chi connectivity index (χ0) is 12.8. The highest BCUT2D eigenvalue weighted by atomic mass is 16.1. The molecule has 1 heterocycles. The highest BCUT2D eigenvalue weighted by molar-refractivity contribution is 5.80. The van der Waals surface area contributed by atoms with E-state index in [0.29, 0.717) is 18.8 Å². The van der Waals surface area contributed by atoms with Crippen LogP contribution in [-0.4, -0.2) is 26.6 Å². The van der Waals surface area contributed by atoms with E-state index in [2.05, 4.69) is 23.9 Å². The lowest BCUT2D eigenvalue weighted by atomic mass is 10.1. The fourth-order valence-electron chi connectivity index (χ4n) is 1.61. The molecule has 17 heavy (non-hydrogen) atoms. The SMILES string of the molecule is CCC(N)CC(=O)Cc1ncnn1CC(C)C. The number of hydrogen-bond acceptors (Lipinski definition) is 4. The summed E-state index contributed by atoms with van der Waals surface area (Å²) in [5, 5.41) is 4.13. The maximum absolute atomic E-state index is 11.8. The highest BCUT2D eigenvalue weighted by Gasteiger charge is 2.13. The van der Waals surface area contributed by atoms with Crippen LogP contribution in [0.15, 0.2) is 6.33 Å². The molecule has 0 amide bonds. The van der Waals surface area contributed by atoms with Gasteiger partial charge in [-0.3, -0.25) is 4.79 Å². The van der Waals surface area contributed by atoms with Crippen molar-refractivity contribution in [1.82, 2.24) is 14.8 Å². The predicted octanol–water partition coefficient (Wildman–Crippen LogP) is 1.17. The van der Waals surface area contributed by atoms with Gasteiger partial charge in [0, 0.05) is 19.0 Å². The number of hydrogen-bond donors (Lipinski definition) is 1. The molecule has 0 aliphatic rings. The number of Topliss-reactive ketones (excluding diaryl/α,β-unsaturated/α-hetero) is 1. The summed E-state index contributed by atoms with van der Waals surface area (Å²) in [6.07, 6.45) is 3.08. The van der Waals surface area contributed by atoms with Gasteiger partial charge in [0.05, 0.1) is 6.42 Å². The molecule has 0 saturated carbocycles. The standard InChI is InChI=1S/C12H22N4O/c1-4-10(13)5-11(17)6-12-14-8-15-16(12)7-9(2)3/h8-10H,4-7,13H2,1-3H3. The van der Waals surface area contributed by atoms with E-state index in [1.165, 1.54) is 6.33 Å². The molecule has 1 rings (SSSR count). The number of nitrogens with two attached hydrogens (primary N) is 1. The number of aromatic nitrogens is 3. The number of carbonyl (C=O) groups excluding carboxylic acids is 1. The zero-order valence-electron chi connectivity index (χ0n) is 10.9. The Balaban J connectivity index is 2.56. The van der Waals surface area contributed by atoms with Crippen LogP contribution >= 0.6 is 0 Å². The smallest absolute Gasteiger partial charge is 0.142 e. The third kappa shape index (κ3) is 4.65. The summed E-state index contributed by atoms with van der Waals surface area (Å²) >= 11 is 0. The number of ketones is 1. The van der Waals surface area contributed by atoms with Crippen molar-refractivity contribution in [2.75, 3.05) is 0 Å². The van der Waals surface area contributed by atoms with E-state index in [9.17, 15) is 4.79 Å². The Morgan fingerprint density at radius 2 is 2.24 bits per heavy atom. The van der Waals surface area contributed by atoms with E-state index in [0.717, 1.165) is 18.8 Å². The average molecular weight is 238 g/mol. The molecule has 1 atom stereocenters. The third-order valence-corrected chi connectivity index (χ3v) is 2.60. The van der Waals surface area contributed by atoms with Crippen LogP contribution in [0.25, 0.3) is 0 Å². The summed E-state index contributed by atoms with van der Waals surface area (Å²) in [5.41, 5.74) is 5.76. The summed E-state index contributed by atoms with van der Waals surface area (Å²) in [6.45, 7) is 7.00. The van der Waals surface area contributed by atoms with Crippen molar-refractivity contribution < 1.29 is 4.79 Å². The molecule has 96 valence electrons. The first-order valence-corrected chi connectivity index (χ1v) is 6.16. The Hall–Kier alpha value is -1.23. The molecule has 0 fully saturated rings. The molecular formula is C12H22N4O. The van der Waals surface area contributed by atoms with Gasteiger partial charge in [0.25, 0.3) is 0 Å². The van der Waals surface area contributed by atoms with Gasteiger partial charge in [-0.25, -0.2) is 9.67 Å².